The van der Waals surface area contributed by atoms with Crippen LogP contribution < -0.4 is 10.1 Å². The number of nitrogens with one attached hydrogen (secondary N) is 1. The van der Waals surface area contributed by atoms with E-state index in [9.17, 15) is 4.79 Å². The lowest BCUT2D eigenvalue weighted by Gasteiger charge is -2.11. The molecule has 3 nitrogen and oxygen atoms in total. The van der Waals surface area contributed by atoms with Crippen molar-refractivity contribution in [3.63, 3.8) is 0 Å². The minimum absolute atomic E-state index is 0.182. The fraction of sp³-hybridized carbons (Fsp3) is 0.235. The van der Waals surface area contributed by atoms with Gasteiger partial charge in [0.2, 0.25) is 0 Å². The number of halogens is 2. The van der Waals surface area contributed by atoms with E-state index in [0.29, 0.717) is 23.6 Å². The average Bonchev–Trinajstić information content (AvgIpc) is 2.50. The number of hydrogen-bond acceptors (Lipinski definition) is 2. The first-order valence-electron chi connectivity index (χ1n) is 6.88. The molecule has 0 aliphatic heterocycles. The number of methoxy groups -OCH3 is 1. The van der Waals surface area contributed by atoms with Gasteiger partial charge in [0.05, 0.1) is 17.7 Å². The zero-order valence-corrected chi connectivity index (χ0v) is 14.8. The summed E-state index contributed by atoms with van der Waals surface area (Å²) in [6.07, 6.45) is 0.697. The molecule has 2 aromatic carbocycles. The largest absolute Gasteiger partial charge is 0.496 e. The molecule has 0 spiro atoms. The summed E-state index contributed by atoms with van der Waals surface area (Å²) in [5.74, 6) is 0.651. The van der Waals surface area contributed by atoms with Crippen molar-refractivity contribution in [2.45, 2.75) is 13.3 Å². The Balaban J connectivity index is 2.00. The van der Waals surface area contributed by atoms with Gasteiger partial charge < -0.3 is 10.1 Å². The molecule has 5 heteroatoms. The smallest absolute Gasteiger partial charge is 0.252 e. The number of carbonyl (C=O) groups excluding carboxylic acids is 1. The lowest BCUT2D eigenvalue weighted by atomic mass is 10.1. The summed E-state index contributed by atoms with van der Waals surface area (Å²) in [7, 11) is 1.65. The third-order valence-electron chi connectivity index (χ3n) is 3.29. The van der Waals surface area contributed by atoms with Crippen molar-refractivity contribution in [2.75, 3.05) is 13.7 Å². The van der Waals surface area contributed by atoms with Crippen molar-refractivity contribution in [1.29, 1.82) is 0 Å². The van der Waals surface area contributed by atoms with Gasteiger partial charge in [-0.05, 0) is 43.2 Å². The van der Waals surface area contributed by atoms with Crippen LogP contribution in [-0.2, 0) is 6.42 Å². The van der Waals surface area contributed by atoms with Crippen LogP contribution in [-0.4, -0.2) is 19.6 Å². The van der Waals surface area contributed by atoms with Crippen LogP contribution in [0.15, 0.2) is 40.9 Å². The van der Waals surface area contributed by atoms with Gasteiger partial charge in [-0.2, -0.15) is 0 Å². The van der Waals surface area contributed by atoms with Crippen molar-refractivity contribution in [3.05, 3.63) is 62.6 Å². The molecule has 1 N–H and O–H groups in total. The Labute approximate surface area is 143 Å². The van der Waals surface area contributed by atoms with Gasteiger partial charge in [0.25, 0.3) is 5.91 Å². The first-order chi connectivity index (χ1) is 10.5. The Morgan fingerprint density at radius 3 is 2.77 bits per heavy atom. The van der Waals surface area contributed by atoms with Gasteiger partial charge >= 0.3 is 0 Å². The Morgan fingerprint density at radius 2 is 2.05 bits per heavy atom. The second-order valence-electron chi connectivity index (χ2n) is 4.95. The fourth-order valence-corrected chi connectivity index (χ4v) is 2.74. The topological polar surface area (TPSA) is 38.3 Å². The van der Waals surface area contributed by atoms with E-state index in [1.807, 2.05) is 19.1 Å². The molecule has 2 rings (SSSR count). The van der Waals surface area contributed by atoms with E-state index in [4.69, 9.17) is 16.3 Å². The minimum Gasteiger partial charge on any atom is -0.496 e. The minimum atomic E-state index is -0.182. The van der Waals surface area contributed by atoms with Gasteiger partial charge in [-0.1, -0.05) is 45.2 Å². The van der Waals surface area contributed by atoms with E-state index in [2.05, 4.69) is 27.3 Å². The molecular weight excluding hydrogens is 366 g/mol. The Morgan fingerprint density at radius 1 is 1.27 bits per heavy atom. The van der Waals surface area contributed by atoms with E-state index in [-0.39, 0.29) is 5.91 Å². The summed E-state index contributed by atoms with van der Waals surface area (Å²) in [6, 6.07) is 11.2. The van der Waals surface area contributed by atoms with Gasteiger partial charge in [-0.3, -0.25) is 4.79 Å². The molecule has 0 unspecified atom stereocenters. The number of rotatable bonds is 5. The monoisotopic (exact) mass is 381 g/mol. The third-order valence-corrected chi connectivity index (χ3v) is 4.11. The van der Waals surface area contributed by atoms with E-state index >= 15 is 0 Å². The van der Waals surface area contributed by atoms with Gasteiger partial charge in [0, 0.05) is 11.0 Å². The maximum atomic E-state index is 12.2. The van der Waals surface area contributed by atoms with Gasteiger partial charge in [-0.25, -0.2) is 0 Å². The molecule has 0 radical (unpaired) electrons. The lowest BCUT2D eigenvalue weighted by Crippen LogP contribution is -2.26. The molecular formula is C17H17BrClNO2. The van der Waals surface area contributed by atoms with Crippen LogP contribution in [0.4, 0.5) is 0 Å². The first kappa shape index (κ1) is 16.8. The molecule has 1 amide bonds. The zero-order chi connectivity index (χ0) is 16.1. The summed E-state index contributed by atoms with van der Waals surface area (Å²) in [5, 5.41) is 3.33. The van der Waals surface area contributed by atoms with E-state index in [0.717, 1.165) is 21.3 Å². The van der Waals surface area contributed by atoms with Crippen molar-refractivity contribution in [1.82, 2.24) is 5.32 Å². The normalized spacial score (nSPS) is 10.4. The van der Waals surface area contributed by atoms with Gasteiger partial charge in [-0.15, -0.1) is 0 Å². The van der Waals surface area contributed by atoms with Crippen LogP contribution in [0.5, 0.6) is 5.75 Å². The molecule has 22 heavy (non-hydrogen) atoms. The van der Waals surface area contributed by atoms with Crippen molar-refractivity contribution in [3.8, 4) is 5.75 Å². The number of ether oxygens (including phenoxy) is 1. The van der Waals surface area contributed by atoms with Crippen molar-refractivity contribution in [2.24, 2.45) is 0 Å². The molecule has 0 aromatic heterocycles. The molecule has 0 fully saturated rings. The van der Waals surface area contributed by atoms with Crippen LogP contribution in [0, 0.1) is 6.92 Å². The number of carbonyl (C=O) groups is 1. The molecule has 0 aliphatic rings. The number of hydrogen-bond donors (Lipinski definition) is 1. The second-order valence-corrected chi connectivity index (χ2v) is 6.27. The summed E-state index contributed by atoms with van der Waals surface area (Å²) in [4.78, 5) is 12.2. The standard InChI is InChI=1S/C17H17BrClNO2/c1-11-3-6-16(22-2)12(9-11)7-8-20-17(21)14-10-13(18)4-5-15(14)19/h3-6,9-10H,7-8H2,1-2H3,(H,20,21). The quantitative estimate of drug-likeness (QED) is 0.833. The average molecular weight is 383 g/mol. The molecule has 0 bridgehead atoms. The SMILES string of the molecule is COc1ccc(C)cc1CCNC(=O)c1cc(Br)ccc1Cl. The summed E-state index contributed by atoms with van der Waals surface area (Å²) in [6.45, 7) is 2.55. The van der Waals surface area contributed by atoms with E-state index < -0.39 is 0 Å². The first-order valence-corrected chi connectivity index (χ1v) is 8.05. The third kappa shape index (κ3) is 4.24. The predicted molar refractivity (Wildman–Crippen MR) is 92.9 cm³/mol. The Kier molecular flexibility index (Phi) is 5.86. The Bertz CT molecular complexity index is 688. The lowest BCUT2D eigenvalue weighted by molar-refractivity contribution is 0.0954. The zero-order valence-electron chi connectivity index (χ0n) is 12.5. The molecule has 0 aliphatic carbocycles. The summed E-state index contributed by atoms with van der Waals surface area (Å²) < 4.78 is 6.16. The van der Waals surface area contributed by atoms with Gasteiger partial charge in [0.15, 0.2) is 0 Å². The van der Waals surface area contributed by atoms with Crippen LogP contribution in [0.1, 0.15) is 21.5 Å². The van der Waals surface area contributed by atoms with Crippen molar-refractivity contribution < 1.29 is 9.53 Å². The molecule has 0 atom stereocenters. The van der Waals surface area contributed by atoms with Gasteiger partial charge in [0.1, 0.15) is 5.75 Å². The Hall–Kier alpha value is -1.52. The predicted octanol–water partition coefficient (Wildman–Crippen LogP) is 4.39. The maximum absolute atomic E-state index is 12.2. The maximum Gasteiger partial charge on any atom is 0.252 e. The molecule has 2 aromatic rings. The molecule has 0 saturated heterocycles. The number of amides is 1. The fourth-order valence-electron chi connectivity index (χ4n) is 2.18. The van der Waals surface area contributed by atoms with E-state index in [1.165, 1.54) is 0 Å². The van der Waals surface area contributed by atoms with Crippen molar-refractivity contribution >= 4 is 33.4 Å². The van der Waals surface area contributed by atoms with E-state index in [1.54, 1.807) is 25.3 Å². The summed E-state index contributed by atoms with van der Waals surface area (Å²) in [5.41, 5.74) is 2.70. The highest BCUT2D eigenvalue weighted by molar-refractivity contribution is 9.10. The number of benzene rings is 2. The molecule has 0 heterocycles. The summed E-state index contributed by atoms with van der Waals surface area (Å²) >= 11 is 9.39. The molecule has 0 saturated carbocycles. The highest BCUT2D eigenvalue weighted by Crippen LogP contribution is 2.22. The highest BCUT2D eigenvalue weighted by atomic mass is 79.9. The van der Waals surface area contributed by atoms with Crippen LogP contribution >= 0.6 is 27.5 Å². The number of aryl methyl sites for hydroxylation is 1. The van der Waals surface area contributed by atoms with Crippen LogP contribution in [0.3, 0.4) is 0 Å². The van der Waals surface area contributed by atoms with Crippen LogP contribution in [0.25, 0.3) is 0 Å². The second kappa shape index (κ2) is 7.65. The highest BCUT2D eigenvalue weighted by Gasteiger charge is 2.11. The van der Waals surface area contributed by atoms with Crippen LogP contribution in [0.2, 0.25) is 5.02 Å². The molecule has 116 valence electrons.